The van der Waals surface area contributed by atoms with Crippen LogP contribution in [0.2, 0.25) is 0 Å². The zero-order valence-electron chi connectivity index (χ0n) is 9.39. The van der Waals surface area contributed by atoms with Crippen LogP contribution in [0, 0.1) is 0 Å². The smallest absolute Gasteiger partial charge is 0.164 e. The van der Waals surface area contributed by atoms with Crippen molar-refractivity contribution in [1.29, 1.82) is 0 Å². The second-order valence-electron chi connectivity index (χ2n) is 3.78. The molecule has 2 nitrogen and oxygen atoms in total. The van der Waals surface area contributed by atoms with Gasteiger partial charge in [0.2, 0.25) is 0 Å². The maximum atomic E-state index is 11.9. The maximum absolute atomic E-state index is 11.9. The molecule has 2 aromatic rings. The number of hydrogen-bond acceptors (Lipinski definition) is 1. The molecule has 16 heavy (non-hydrogen) atoms. The summed E-state index contributed by atoms with van der Waals surface area (Å²) in [5, 5.41) is 0. The molecular weight excluding hydrogens is 198 g/mol. The van der Waals surface area contributed by atoms with E-state index >= 15 is 0 Å². The molecule has 2 heteroatoms. The van der Waals surface area contributed by atoms with Gasteiger partial charge in [-0.2, -0.15) is 0 Å². The molecular formula is C14H15NO. The largest absolute Gasteiger partial charge is 0.323 e. The summed E-state index contributed by atoms with van der Waals surface area (Å²) in [6.07, 6.45) is 5.41. The Kier molecular flexibility index (Phi) is 3.20. The van der Waals surface area contributed by atoms with Gasteiger partial charge in [0, 0.05) is 24.4 Å². The number of aromatic nitrogens is 1. The molecule has 0 saturated carbocycles. The lowest BCUT2D eigenvalue weighted by Crippen LogP contribution is -2.04. The molecule has 1 heterocycles. The Morgan fingerprint density at radius 2 is 1.81 bits per heavy atom. The summed E-state index contributed by atoms with van der Waals surface area (Å²) in [6, 6.07) is 11.7. The molecule has 0 bridgehead atoms. The van der Waals surface area contributed by atoms with Gasteiger partial charge in [-0.3, -0.25) is 4.79 Å². The molecule has 0 aliphatic carbocycles. The van der Waals surface area contributed by atoms with Gasteiger partial charge in [0.1, 0.15) is 0 Å². The van der Waals surface area contributed by atoms with Crippen molar-refractivity contribution in [2.24, 2.45) is 0 Å². The van der Waals surface area contributed by atoms with Gasteiger partial charge in [-0.25, -0.2) is 0 Å². The van der Waals surface area contributed by atoms with E-state index in [4.69, 9.17) is 0 Å². The number of hydrogen-bond donors (Lipinski definition) is 0. The Labute approximate surface area is 95.5 Å². The SMILES string of the molecule is CCCC(=O)c1ccccc1-n1cccc1. The van der Waals surface area contributed by atoms with Crippen LogP contribution in [0.4, 0.5) is 0 Å². The lowest BCUT2D eigenvalue weighted by Gasteiger charge is -2.08. The highest BCUT2D eigenvalue weighted by atomic mass is 16.1. The Hall–Kier alpha value is -1.83. The van der Waals surface area contributed by atoms with Crippen molar-refractivity contribution in [1.82, 2.24) is 4.57 Å². The predicted octanol–water partition coefficient (Wildman–Crippen LogP) is 3.46. The molecule has 0 radical (unpaired) electrons. The molecule has 0 N–H and O–H groups in total. The second-order valence-corrected chi connectivity index (χ2v) is 3.78. The Morgan fingerprint density at radius 1 is 1.12 bits per heavy atom. The standard InChI is InChI=1S/C14H15NO/c1-2-7-14(16)12-8-3-4-9-13(12)15-10-5-6-11-15/h3-6,8-11H,2,7H2,1H3. The van der Waals surface area contributed by atoms with Crippen molar-refractivity contribution in [3.63, 3.8) is 0 Å². The summed E-state index contributed by atoms with van der Waals surface area (Å²) < 4.78 is 1.98. The van der Waals surface area contributed by atoms with Gasteiger partial charge in [-0.05, 0) is 30.7 Å². The van der Waals surface area contributed by atoms with E-state index in [9.17, 15) is 4.79 Å². The number of Topliss-reactive ketones (excluding diaryl/α,β-unsaturated/α-hetero) is 1. The van der Waals surface area contributed by atoms with Gasteiger partial charge >= 0.3 is 0 Å². The molecule has 0 saturated heterocycles. The fraction of sp³-hybridized carbons (Fsp3) is 0.214. The zero-order chi connectivity index (χ0) is 11.4. The van der Waals surface area contributed by atoms with Crippen molar-refractivity contribution in [3.05, 3.63) is 54.4 Å². The highest BCUT2D eigenvalue weighted by Crippen LogP contribution is 2.16. The first kappa shape index (κ1) is 10.7. The van der Waals surface area contributed by atoms with Crippen LogP contribution in [-0.4, -0.2) is 10.4 Å². The first-order chi connectivity index (χ1) is 7.83. The summed E-state index contributed by atoms with van der Waals surface area (Å²) in [4.78, 5) is 11.9. The number of nitrogens with zero attached hydrogens (tertiary/aromatic N) is 1. The third kappa shape index (κ3) is 2.06. The van der Waals surface area contributed by atoms with Crippen LogP contribution in [0.3, 0.4) is 0 Å². The molecule has 0 aliphatic heterocycles. The van der Waals surface area contributed by atoms with Crippen LogP contribution in [0.25, 0.3) is 5.69 Å². The van der Waals surface area contributed by atoms with Gasteiger partial charge in [0.25, 0.3) is 0 Å². The second kappa shape index (κ2) is 4.79. The van der Waals surface area contributed by atoms with Crippen LogP contribution >= 0.6 is 0 Å². The Balaban J connectivity index is 2.42. The molecule has 1 aromatic carbocycles. The fourth-order valence-electron chi connectivity index (χ4n) is 1.79. The molecule has 1 aromatic heterocycles. The van der Waals surface area contributed by atoms with Crippen LogP contribution < -0.4 is 0 Å². The Morgan fingerprint density at radius 3 is 2.50 bits per heavy atom. The van der Waals surface area contributed by atoms with Gasteiger partial charge in [-0.1, -0.05) is 19.1 Å². The van der Waals surface area contributed by atoms with Gasteiger partial charge in [0.15, 0.2) is 5.78 Å². The molecule has 0 atom stereocenters. The van der Waals surface area contributed by atoms with Crippen LogP contribution in [0.5, 0.6) is 0 Å². The van der Waals surface area contributed by atoms with Crippen molar-refractivity contribution >= 4 is 5.78 Å². The predicted molar refractivity (Wildman–Crippen MR) is 65.0 cm³/mol. The number of benzene rings is 1. The molecule has 0 unspecified atom stereocenters. The number of ketones is 1. The van der Waals surface area contributed by atoms with E-state index in [1.165, 1.54) is 0 Å². The minimum Gasteiger partial charge on any atom is -0.323 e. The number of carbonyl (C=O) groups excluding carboxylic acids is 1. The summed E-state index contributed by atoms with van der Waals surface area (Å²) >= 11 is 0. The van der Waals surface area contributed by atoms with E-state index in [1.54, 1.807) is 0 Å². The average molecular weight is 213 g/mol. The fourth-order valence-corrected chi connectivity index (χ4v) is 1.79. The minimum absolute atomic E-state index is 0.215. The van der Waals surface area contributed by atoms with E-state index in [0.717, 1.165) is 17.7 Å². The quantitative estimate of drug-likeness (QED) is 0.713. The van der Waals surface area contributed by atoms with Gasteiger partial charge < -0.3 is 4.57 Å². The lowest BCUT2D eigenvalue weighted by molar-refractivity contribution is 0.0982. The summed E-state index contributed by atoms with van der Waals surface area (Å²) in [6.45, 7) is 2.02. The monoisotopic (exact) mass is 213 g/mol. The van der Waals surface area contributed by atoms with Crippen molar-refractivity contribution in [2.45, 2.75) is 19.8 Å². The summed E-state index contributed by atoms with van der Waals surface area (Å²) in [5.41, 5.74) is 1.77. The van der Waals surface area contributed by atoms with Crippen molar-refractivity contribution < 1.29 is 4.79 Å². The van der Waals surface area contributed by atoms with Crippen molar-refractivity contribution in [3.8, 4) is 5.69 Å². The highest BCUT2D eigenvalue weighted by molar-refractivity contribution is 5.99. The van der Waals surface area contributed by atoms with E-state index in [0.29, 0.717) is 6.42 Å². The Bertz CT molecular complexity index is 471. The van der Waals surface area contributed by atoms with Gasteiger partial charge in [0.05, 0.1) is 5.69 Å². The van der Waals surface area contributed by atoms with Crippen molar-refractivity contribution in [2.75, 3.05) is 0 Å². The van der Waals surface area contributed by atoms with Crippen LogP contribution in [0.1, 0.15) is 30.1 Å². The highest BCUT2D eigenvalue weighted by Gasteiger charge is 2.10. The molecule has 82 valence electrons. The molecule has 0 spiro atoms. The summed E-state index contributed by atoms with van der Waals surface area (Å²) in [5.74, 6) is 0.215. The van der Waals surface area contributed by atoms with E-state index in [2.05, 4.69) is 0 Å². The third-order valence-corrected chi connectivity index (χ3v) is 2.56. The average Bonchev–Trinajstić information content (AvgIpc) is 2.83. The normalized spacial score (nSPS) is 10.3. The number of rotatable bonds is 4. The van der Waals surface area contributed by atoms with E-state index < -0.39 is 0 Å². The molecule has 0 aliphatic rings. The molecule has 0 fully saturated rings. The molecule has 0 amide bonds. The van der Waals surface area contributed by atoms with E-state index in [1.807, 2.05) is 60.3 Å². The number of para-hydroxylation sites is 1. The van der Waals surface area contributed by atoms with E-state index in [-0.39, 0.29) is 5.78 Å². The first-order valence-electron chi connectivity index (χ1n) is 5.58. The topological polar surface area (TPSA) is 22.0 Å². The lowest BCUT2D eigenvalue weighted by atomic mass is 10.0. The summed E-state index contributed by atoms with van der Waals surface area (Å²) in [7, 11) is 0. The first-order valence-corrected chi connectivity index (χ1v) is 5.58. The van der Waals surface area contributed by atoms with Crippen LogP contribution in [0.15, 0.2) is 48.8 Å². The molecule has 2 rings (SSSR count). The number of carbonyl (C=O) groups is 1. The minimum atomic E-state index is 0.215. The maximum Gasteiger partial charge on any atom is 0.164 e. The zero-order valence-corrected chi connectivity index (χ0v) is 9.39. The third-order valence-electron chi connectivity index (χ3n) is 2.56. The van der Waals surface area contributed by atoms with Crippen LogP contribution in [-0.2, 0) is 0 Å². The van der Waals surface area contributed by atoms with Gasteiger partial charge in [-0.15, -0.1) is 0 Å².